The van der Waals surface area contributed by atoms with Crippen LogP contribution in [0.1, 0.15) is 18.9 Å². The van der Waals surface area contributed by atoms with E-state index in [1.807, 2.05) is 43.6 Å². The molecule has 0 amide bonds. The molecule has 0 aliphatic heterocycles. The van der Waals surface area contributed by atoms with Gasteiger partial charge >= 0.3 is 0 Å². The first-order chi connectivity index (χ1) is 9.13. The quantitative estimate of drug-likeness (QED) is 0.796. The lowest BCUT2D eigenvalue weighted by Gasteiger charge is -2.13. The largest absolute Gasteiger partial charge is 0.491 e. The molecule has 2 rings (SSSR count). The Labute approximate surface area is 117 Å². The molecule has 3 N–H and O–H groups in total. The van der Waals surface area contributed by atoms with Crippen molar-refractivity contribution in [3.63, 3.8) is 0 Å². The standard InChI is InChI=1S/C14H19N3OS/c1-10(2)18-13-8-11(15)7-12(9-13)16-4-3-14-17-5-6-19-14/h5-10,16H,3-4,15H2,1-2H3. The number of nitrogens with zero attached hydrogens (tertiary/aromatic N) is 1. The highest BCUT2D eigenvalue weighted by Gasteiger charge is 2.02. The van der Waals surface area contributed by atoms with E-state index in [1.54, 1.807) is 11.3 Å². The van der Waals surface area contributed by atoms with Crippen LogP contribution in [0.5, 0.6) is 5.75 Å². The van der Waals surface area contributed by atoms with Crippen LogP contribution in [0.25, 0.3) is 0 Å². The topological polar surface area (TPSA) is 60.2 Å². The molecule has 2 aromatic rings. The number of nitrogen functional groups attached to an aromatic ring is 1. The molecule has 102 valence electrons. The predicted molar refractivity (Wildman–Crippen MR) is 80.9 cm³/mol. The first-order valence-electron chi connectivity index (χ1n) is 6.33. The zero-order chi connectivity index (χ0) is 13.7. The summed E-state index contributed by atoms with van der Waals surface area (Å²) in [7, 11) is 0. The van der Waals surface area contributed by atoms with Gasteiger partial charge in [0.2, 0.25) is 0 Å². The number of rotatable bonds is 6. The summed E-state index contributed by atoms with van der Waals surface area (Å²) < 4.78 is 5.66. The van der Waals surface area contributed by atoms with Crippen molar-refractivity contribution in [1.29, 1.82) is 0 Å². The fraction of sp³-hybridized carbons (Fsp3) is 0.357. The SMILES string of the molecule is CC(C)Oc1cc(N)cc(NCCc2nccs2)c1. The van der Waals surface area contributed by atoms with Crippen LogP contribution < -0.4 is 15.8 Å². The maximum atomic E-state index is 5.87. The van der Waals surface area contributed by atoms with Crippen molar-refractivity contribution in [1.82, 2.24) is 4.98 Å². The maximum Gasteiger partial charge on any atom is 0.123 e. The number of hydrogen-bond donors (Lipinski definition) is 2. The summed E-state index contributed by atoms with van der Waals surface area (Å²) in [5.41, 5.74) is 7.55. The van der Waals surface area contributed by atoms with Crippen LogP contribution in [0, 0.1) is 0 Å². The Morgan fingerprint density at radius 1 is 1.37 bits per heavy atom. The number of hydrogen-bond acceptors (Lipinski definition) is 5. The van der Waals surface area contributed by atoms with E-state index in [9.17, 15) is 0 Å². The minimum atomic E-state index is 0.143. The molecule has 1 aromatic carbocycles. The fourth-order valence-corrected chi connectivity index (χ4v) is 2.37. The Morgan fingerprint density at radius 3 is 2.89 bits per heavy atom. The molecule has 5 heteroatoms. The molecule has 19 heavy (non-hydrogen) atoms. The van der Waals surface area contributed by atoms with Gasteiger partial charge in [-0.2, -0.15) is 0 Å². The van der Waals surface area contributed by atoms with Crippen molar-refractivity contribution in [3.05, 3.63) is 34.8 Å². The third kappa shape index (κ3) is 4.44. The van der Waals surface area contributed by atoms with Gasteiger partial charge in [0.1, 0.15) is 5.75 Å². The summed E-state index contributed by atoms with van der Waals surface area (Å²) >= 11 is 1.67. The van der Waals surface area contributed by atoms with E-state index in [4.69, 9.17) is 10.5 Å². The van der Waals surface area contributed by atoms with Gasteiger partial charge in [0.25, 0.3) is 0 Å². The zero-order valence-corrected chi connectivity index (χ0v) is 12.0. The lowest BCUT2D eigenvalue weighted by atomic mass is 10.2. The van der Waals surface area contributed by atoms with Crippen LogP contribution in [0.2, 0.25) is 0 Å². The number of nitrogens with one attached hydrogen (secondary N) is 1. The molecule has 4 nitrogen and oxygen atoms in total. The van der Waals surface area contributed by atoms with Crippen molar-refractivity contribution < 1.29 is 4.74 Å². The van der Waals surface area contributed by atoms with Gasteiger partial charge in [-0.25, -0.2) is 4.98 Å². The lowest BCUT2D eigenvalue weighted by Crippen LogP contribution is -2.08. The zero-order valence-electron chi connectivity index (χ0n) is 11.2. The maximum absolute atomic E-state index is 5.87. The second kappa shape index (κ2) is 6.43. The second-order valence-corrected chi connectivity index (χ2v) is 5.54. The van der Waals surface area contributed by atoms with Crippen LogP contribution in [0.3, 0.4) is 0 Å². The summed E-state index contributed by atoms with van der Waals surface area (Å²) in [5, 5.41) is 6.47. The van der Waals surface area contributed by atoms with Gasteiger partial charge in [-0.15, -0.1) is 11.3 Å². The van der Waals surface area contributed by atoms with Gasteiger partial charge in [0.05, 0.1) is 11.1 Å². The summed E-state index contributed by atoms with van der Waals surface area (Å²) in [6, 6.07) is 5.72. The molecule has 0 fully saturated rings. The first-order valence-corrected chi connectivity index (χ1v) is 7.21. The van der Waals surface area contributed by atoms with Crippen molar-refractivity contribution in [2.24, 2.45) is 0 Å². The van der Waals surface area contributed by atoms with Crippen molar-refractivity contribution in [3.8, 4) is 5.75 Å². The fourth-order valence-electron chi connectivity index (χ4n) is 1.75. The van der Waals surface area contributed by atoms with Crippen LogP contribution in [-0.2, 0) is 6.42 Å². The summed E-state index contributed by atoms with van der Waals surface area (Å²) in [5.74, 6) is 0.798. The number of aromatic nitrogens is 1. The van der Waals surface area contributed by atoms with Crippen LogP contribution in [0.15, 0.2) is 29.8 Å². The van der Waals surface area contributed by atoms with Crippen LogP contribution >= 0.6 is 11.3 Å². The first kappa shape index (κ1) is 13.7. The highest BCUT2D eigenvalue weighted by Crippen LogP contribution is 2.23. The van der Waals surface area contributed by atoms with Gasteiger partial charge in [-0.05, 0) is 19.9 Å². The number of benzene rings is 1. The monoisotopic (exact) mass is 277 g/mol. The van der Waals surface area contributed by atoms with E-state index in [2.05, 4.69) is 10.3 Å². The Kier molecular flexibility index (Phi) is 4.63. The van der Waals surface area contributed by atoms with E-state index in [0.717, 1.165) is 29.4 Å². The summed E-state index contributed by atoms with van der Waals surface area (Å²) in [6.45, 7) is 4.83. The van der Waals surface area contributed by atoms with Crippen LogP contribution in [0.4, 0.5) is 11.4 Å². The van der Waals surface area contributed by atoms with E-state index < -0.39 is 0 Å². The van der Waals surface area contributed by atoms with Crippen LogP contribution in [-0.4, -0.2) is 17.6 Å². The van der Waals surface area contributed by atoms with Gasteiger partial charge in [-0.3, -0.25) is 0 Å². The number of ether oxygens (including phenoxy) is 1. The molecule has 0 saturated heterocycles. The number of anilines is 2. The Balaban J connectivity index is 1.93. The highest BCUT2D eigenvalue weighted by molar-refractivity contribution is 7.09. The third-order valence-electron chi connectivity index (χ3n) is 2.45. The molecule has 0 spiro atoms. The molecule has 0 radical (unpaired) electrons. The summed E-state index contributed by atoms with van der Waals surface area (Å²) in [6.07, 6.45) is 2.88. The average molecular weight is 277 g/mol. The smallest absolute Gasteiger partial charge is 0.123 e. The van der Waals surface area contributed by atoms with Gasteiger partial charge in [0, 0.05) is 48.0 Å². The molecular weight excluding hydrogens is 258 g/mol. The number of nitrogens with two attached hydrogens (primary N) is 1. The minimum Gasteiger partial charge on any atom is -0.491 e. The van der Waals surface area contributed by atoms with Gasteiger partial charge < -0.3 is 15.8 Å². The van der Waals surface area contributed by atoms with Gasteiger partial charge in [-0.1, -0.05) is 0 Å². The lowest BCUT2D eigenvalue weighted by molar-refractivity contribution is 0.242. The van der Waals surface area contributed by atoms with Crippen molar-refractivity contribution in [2.75, 3.05) is 17.6 Å². The van der Waals surface area contributed by atoms with Crippen molar-refractivity contribution >= 4 is 22.7 Å². The Morgan fingerprint density at radius 2 is 2.21 bits per heavy atom. The van der Waals surface area contributed by atoms with E-state index >= 15 is 0 Å². The van der Waals surface area contributed by atoms with E-state index in [1.165, 1.54) is 0 Å². The average Bonchev–Trinajstić information content (AvgIpc) is 2.80. The van der Waals surface area contributed by atoms with Crippen molar-refractivity contribution in [2.45, 2.75) is 26.4 Å². The molecule has 0 saturated carbocycles. The minimum absolute atomic E-state index is 0.143. The molecule has 0 unspecified atom stereocenters. The Hall–Kier alpha value is -1.75. The molecule has 1 heterocycles. The van der Waals surface area contributed by atoms with E-state index in [-0.39, 0.29) is 6.10 Å². The molecule has 0 bridgehead atoms. The van der Waals surface area contributed by atoms with E-state index in [0.29, 0.717) is 5.69 Å². The summed E-state index contributed by atoms with van der Waals surface area (Å²) in [4.78, 5) is 4.25. The third-order valence-corrected chi connectivity index (χ3v) is 3.29. The molecule has 0 atom stereocenters. The second-order valence-electron chi connectivity index (χ2n) is 4.56. The molecular formula is C14H19N3OS. The highest BCUT2D eigenvalue weighted by atomic mass is 32.1. The molecule has 0 aliphatic rings. The predicted octanol–water partition coefficient (Wildman–Crippen LogP) is 3.17. The van der Waals surface area contributed by atoms with Gasteiger partial charge in [0.15, 0.2) is 0 Å². The number of thiazole rings is 1. The molecule has 0 aliphatic carbocycles. The normalized spacial score (nSPS) is 10.7. The Bertz CT molecular complexity index is 511. The molecule has 1 aromatic heterocycles.